The van der Waals surface area contributed by atoms with Crippen LogP contribution in [0.3, 0.4) is 0 Å². The molecule has 0 radical (unpaired) electrons. The molecule has 1 heterocycles. The fraction of sp³-hybridized carbons (Fsp3) is 0.667. The highest BCUT2D eigenvalue weighted by atomic mass is 15.3. The highest BCUT2D eigenvalue weighted by molar-refractivity contribution is 5.08. The van der Waals surface area contributed by atoms with Crippen molar-refractivity contribution >= 4 is 0 Å². The molecule has 1 unspecified atom stereocenters. The van der Waals surface area contributed by atoms with Crippen molar-refractivity contribution in [3.63, 3.8) is 0 Å². The van der Waals surface area contributed by atoms with Crippen LogP contribution in [0.5, 0.6) is 0 Å². The molecule has 3 nitrogen and oxygen atoms in total. The lowest BCUT2D eigenvalue weighted by Gasteiger charge is -2.08. The van der Waals surface area contributed by atoms with Crippen LogP contribution in [0, 0.1) is 0 Å². The minimum atomic E-state index is 0.0859. The monoisotopic (exact) mass is 167 g/mol. The molecule has 0 aliphatic heterocycles. The maximum absolute atomic E-state index is 5.72. The van der Waals surface area contributed by atoms with Crippen molar-refractivity contribution in [1.29, 1.82) is 0 Å². The summed E-state index contributed by atoms with van der Waals surface area (Å²) in [5.41, 5.74) is 6.82. The average Bonchev–Trinajstić information content (AvgIpc) is 2.51. The average molecular weight is 167 g/mol. The molecule has 0 spiro atoms. The molecule has 2 N–H and O–H groups in total. The first-order valence-electron chi connectivity index (χ1n) is 4.44. The zero-order chi connectivity index (χ0) is 9.14. The molecule has 3 heteroatoms. The normalized spacial score (nSPS) is 16.0. The van der Waals surface area contributed by atoms with Crippen LogP contribution in [0.1, 0.15) is 44.8 Å². The van der Waals surface area contributed by atoms with Crippen LogP contribution in [0.25, 0.3) is 0 Å². The van der Waals surface area contributed by atoms with Gasteiger partial charge in [0.25, 0.3) is 0 Å². The van der Waals surface area contributed by atoms with Gasteiger partial charge in [-0.1, -0.05) is 6.92 Å². The van der Waals surface area contributed by atoms with Gasteiger partial charge in [0, 0.05) is 23.8 Å². The van der Waals surface area contributed by atoms with Gasteiger partial charge >= 0.3 is 0 Å². The van der Waals surface area contributed by atoms with Crippen molar-refractivity contribution in [2.45, 2.75) is 39.3 Å². The van der Waals surface area contributed by atoms with E-state index in [-0.39, 0.29) is 6.04 Å². The minimum Gasteiger partial charge on any atom is -0.324 e. The Bertz CT molecular complexity index is 240. The van der Waals surface area contributed by atoms with Gasteiger partial charge in [-0.2, -0.15) is 5.10 Å². The molecular weight excluding hydrogens is 150 g/mol. The van der Waals surface area contributed by atoms with E-state index >= 15 is 0 Å². The van der Waals surface area contributed by atoms with E-state index in [2.05, 4.69) is 18.9 Å². The van der Waals surface area contributed by atoms with Gasteiger partial charge in [0.15, 0.2) is 0 Å². The van der Waals surface area contributed by atoms with Crippen LogP contribution in [0.15, 0.2) is 12.4 Å². The second kappa shape index (κ2) is 3.72. The summed E-state index contributed by atoms with van der Waals surface area (Å²) >= 11 is 0. The molecule has 0 amide bonds. The Morgan fingerprint density at radius 3 is 2.67 bits per heavy atom. The van der Waals surface area contributed by atoms with Crippen molar-refractivity contribution < 1.29 is 0 Å². The standard InChI is InChI=1S/C9H17N3/c1-4-7(2)12-6-9(5-11-12)8(3)10/h5-8H,4,10H2,1-3H3/t7?,8-/m1/s1. The van der Waals surface area contributed by atoms with Crippen LogP contribution in [0.4, 0.5) is 0 Å². The van der Waals surface area contributed by atoms with Gasteiger partial charge in [-0.25, -0.2) is 0 Å². The van der Waals surface area contributed by atoms with Gasteiger partial charge in [-0.3, -0.25) is 4.68 Å². The Morgan fingerprint density at radius 1 is 1.58 bits per heavy atom. The van der Waals surface area contributed by atoms with Crippen LogP contribution >= 0.6 is 0 Å². The summed E-state index contributed by atoms with van der Waals surface area (Å²) in [5, 5.41) is 4.24. The van der Waals surface area contributed by atoms with Crippen LogP contribution in [-0.2, 0) is 0 Å². The van der Waals surface area contributed by atoms with Gasteiger partial charge in [0.1, 0.15) is 0 Å². The summed E-state index contributed by atoms with van der Waals surface area (Å²) in [5.74, 6) is 0. The van der Waals surface area contributed by atoms with E-state index in [0.29, 0.717) is 6.04 Å². The summed E-state index contributed by atoms with van der Waals surface area (Å²) in [6.07, 6.45) is 4.97. The first-order chi connectivity index (χ1) is 5.65. The van der Waals surface area contributed by atoms with Gasteiger partial charge in [0.05, 0.1) is 6.20 Å². The second-order valence-electron chi connectivity index (χ2n) is 3.30. The van der Waals surface area contributed by atoms with E-state index in [4.69, 9.17) is 5.73 Å². The number of nitrogens with two attached hydrogens (primary N) is 1. The van der Waals surface area contributed by atoms with Gasteiger partial charge in [0.2, 0.25) is 0 Å². The molecule has 0 fully saturated rings. The third-order valence-electron chi connectivity index (χ3n) is 2.19. The molecule has 0 saturated heterocycles. The predicted molar refractivity (Wildman–Crippen MR) is 49.8 cm³/mol. The van der Waals surface area contributed by atoms with Crippen molar-refractivity contribution in [2.24, 2.45) is 5.73 Å². The highest BCUT2D eigenvalue weighted by Crippen LogP contribution is 2.13. The number of nitrogens with zero attached hydrogens (tertiary/aromatic N) is 2. The summed E-state index contributed by atoms with van der Waals surface area (Å²) in [6.45, 7) is 6.27. The first-order valence-corrected chi connectivity index (χ1v) is 4.44. The van der Waals surface area contributed by atoms with Crippen molar-refractivity contribution in [1.82, 2.24) is 9.78 Å². The van der Waals surface area contributed by atoms with Crippen LogP contribution in [-0.4, -0.2) is 9.78 Å². The van der Waals surface area contributed by atoms with Gasteiger partial charge < -0.3 is 5.73 Å². The smallest absolute Gasteiger partial charge is 0.0537 e. The molecular formula is C9H17N3. The lowest BCUT2D eigenvalue weighted by molar-refractivity contribution is 0.477. The summed E-state index contributed by atoms with van der Waals surface area (Å²) in [6, 6.07) is 0.556. The number of rotatable bonds is 3. The van der Waals surface area contributed by atoms with Crippen molar-refractivity contribution in [3.05, 3.63) is 18.0 Å². The SMILES string of the molecule is CCC(C)n1cc([C@@H](C)N)cn1. The maximum atomic E-state index is 5.72. The van der Waals surface area contributed by atoms with Gasteiger partial charge in [-0.15, -0.1) is 0 Å². The van der Waals surface area contributed by atoms with E-state index in [1.165, 1.54) is 0 Å². The molecule has 12 heavy (non-hydrogen) atoms. The Morgan fingerprint density at radius 2 is 2.25 bits per heavy atom. The lowest BCUT2D eigenvalue weighted by Crippen LogP contribution is -2.05. The second-order valence-corrected chi connectivity index (χ2v) is 3.30. The lowest BCUT2D eigenvalue weighted by atomic mass is 10.2. The number of hydrogen-bond donors (Lipinski definition) is 1. The first kappa shape index (κ1) is 9.26. The van der Waals surface area contributed by atoms with Crippen molar-refractivity contribution in [3.8, 4) is 0 Å². The quantitative estimate of drug-likeness (QED) is 0.747. The third kappa shape index (κ3) is 1.85. The van der Waals surface area contributed by atoms with Gasteiger partial charge in [-0.05, 0) is 20.3 Å². The molecule has 0 bridgehead atoms. The maximum Gasteiger partial charge on any atom is 0.0537 e. The van der Waals surface area contributed by atoms with Crippen LogP contribution in [0.2, 0.25) is 0 Å². The third-order valence-corrected chi connectivity index (χ3v) is 2.19. The largest absolute Gasteiger partial charge is 0.324 e. The number of aromatic nitrogens is 2. The van der Waals surface area contributed by atoms with E-state index in [0.717, 1.165) is 12.0 Å². The fourth-order valence-electron chi connectivity index (χ4n) is 1.02. The van der Waals surface area contributed by atoms with E-state index < -0.39 is 0 Å². The Balaban J connectivity index is 2.77. The zero-order valence-corrected chi connectivity index (χ0v) is 7.99. The topological polar surface area (TPSA) is 43.8 Å². The molecule has 1 aromatic heterocycles. The van der Waals surface area contributed by atoms with E-state index in [9.17, 15) is 0 Å². The Kier molecular flexibility index (Phi) is 2.87. The molecule has 0 aliphatic carbocycles. The molecule has 0 aliphatic rings. The fourth-order valence-corrected chi connectivity index (χ4v) is 1.02. The Labute approximate surface area is 73.6 Å². The van der Waals surface area contributed by atoms with Crippen LogP contribution < -0.4 is 5.73 Å². The van der Waals surface area contributed by atoms with E-state index in [1.54, 1.807) is 0 Å². The zero-order valence-electron chi connectivity index (χ0n) is 7.99. The molecule has 2 atom stereocenters. The molecule has 1 aromatic rings. The summed E-state index contributed by atoms with van der Waals surface area (Å²) in [4.78, 5) is 0. The molecule has 0 aromatic carbocycles. The Hall–Kier alpha value is -0.830. The summed E-state index contributed by atoms with van der Waals surface area (Å²) in [7, 11) is 0. The highest BCUT2D eigenvalue weighted by Gasteiger charge is 2.06. The van der Waals surface area contributed by atoms with Crippen molar-refractivity contribution in [2.75, 3.05) is 0 Å². The summed E-state index contributed by atoms with van der Waals surface area (Å²) < 4.78 is 1.97. The van der Waals surface area contributed by atoms with E-state index in [1.807, 2.05) is 24.0 Å². The minimum absolute atomic E-state index is 0.0859. The molecule has 68 valence electrons. The predicted octanol–water partition coefficient (Wildman–Crippen LogP) is 1.87. The molecule has 1 rings (SSSR count). The number of hydrogen-bond acceptors (Lipinski definition) is 2. The molecule has 0 saturated carbocycles.